The van der Waals surface area contributed by atoms with Crippen LogP contribution < -0.4 is 4.74 Å². The Morgan fingerprint density at radius 3 is 2.60 bits per heavy atom. The molecule has 0 saturated carbocycles. The molecular formula is C27H25ClFNO5. The number of carbonyl (C=O) groups is 2. The molecule has 0 fully saturated rings. The molecule has 0 radical (unpaired) electrons. The second kappa shape index (κ2) is 10.9. The molecule has 182 valence electrons. The third-order valence-corrected chi connectivity index (χ3v) is 6.43. The second-order valence-corrected chi connectivity index (χ2v) is 8.71. The number of carboxylic acids is 1. The van der Waals surface area contributed by atoms with Crippen LogP contribution >= 0.6 is 11.6 Å². The van der Waals surface area contributed by atoms with Crippen LogP contribution in [0.4, 0.5) is 4.39 Å². The first kappa shape index (κ1) is 24.7. The van der Waals surface area contributed by atoms with E-state index < -0.39 is 5.97 Å². The SMILES string of the molecule is COc1cc(CC(=O)O)ccc1-c1ccc(F)c2c1CN(C(=O)COCc1ccccc1Cl)CC2. The topological polar surface area (TPSA) is 76.1 Å². The highest BCUT2D eigenvalue weighted by molar-refractivity contribution is 6.31. The van der Waals surface area contributed by atoms with Crippen molar-refractivity contribution in [2.24, 2.45) is 0 Å². The molecule has 3 aromatic rings. The average Bonchev–Trinajstić information content (AvgIpc) is 2.85. The van der Waals surface area contributed by atoms with Crippen molar-refractivity contribution in [1.82, 2.24) is 4.90 Å². The summed E-state index contributed by atoms with van der Waals surface area (Å²) in [6, 6.07) is 15.5. The summed E-state index contributed by atoms with van der Waals surface area (Å²) in [5, 5.41) is 9.67. The maximum Gasteiger partial charge on any atom is 0.307 e. The van der Waals surface area contributed by atoms with Crippen molar-refractivity contribution in [3.8, 4) is 16.9 Å². The number of aliphatic carboxylic acids is 1. The molecule has 0 bridgehead atoms. The number of hydrogen-bond acceptors (Lipinski definition) is 4. The fourth-order valence-electron chi connectivity index (χ4n) is 4.29. The third kappa shape index (κ3) is 5.63. The number of hydrogen-bond donors (Lipinski definition) is 1. The molecule has 0 aromatic heterocycles. The Kier molecular flexibility index (Phi) is 7.68. The molecule has 35 heavy (non-hydrogen) atoms. The molecule has 1 aliphatic rings. The summed E-state index contributed by atoms with van der Waals surface area (Å²) < 4.78 is 25.8. The third-order valence-electron chi connectivity index (χ3n) is 6.06. The molecular weight excluding hydrogens is 473 g/mol. The lowest BCUT2D eigenvalue weighted by Crippen LogP contribution is -2.38. The van der Waals surface area contributed by atoms with Crippen LogP contribution in [-0.2, 0) is 40.3 Å². The number of ether oxygens (including phenoxy) is 2. The van der Waals surface area contributed by atoms with Gasteiger partial charge in [-0.3, -0.25) is 9.59 Å². The summed E-state index contributed by atoms with van der Waals surface area (Å²) in [7, 11) is 1.51. The van der Waals surface area contributed by atoms with E-state index in [9.17, 15) is 14.0 Å². The van der Waals surface area contributed by atoms with Gasteiger partial charge in [-0.2, -0.15) is 0 Å². The molecule has 8 heteroatoms. The summed E-state index contributed by atoms with van der Waals surface area (Å²) in [5.41, 5.74) is 4.13. The highest BCUT2D eigenvalue weighted by atomic mass is 35.5. The number of nitrogens with zero attached hydrogens (tertiary/aromatic N) is 1. The normalized spacial score (nSPS) is 12.8. The molecule has 1 heterocycles. The van der Waals surface area contributed by atoms with Gasteiger partial charge < -0.3 is 19.5 Å². The van der Waals surface area contributed by atoms with Crippen LogP contribution in [0.1, 0.15) is 22.3 Å². The Bertz CT molecular complexity index is 1260. The van der Waals surface area contributed by atoms with Crippen molar-refractivity contribution in [1.29, 1.82) is 0 Å². The minimum atomic E-state index is -0.940. The zero-order valence-electron chi connectivity index (χ0n) is 19.2. The van der Waals surface area contributed by atoms with E-state index in [1.165, 1.54) is 13.2 Å². The van der Waals surface area contributed by atoms with Crippen LogP contribution in [-0.4, -0.2) is 42.1 Å². The van der Waals surface area contributed by atoms with Crippen molar-refractivity contribution in [2.45, 2.75) is 26.0 Å². The highest BCUT2D eigenvalue weighted by Gasteiger charge is 2.26. The van der Waals surface area contributed by atoms with Crippen LogP contribution in [0.25, 0.3) is 11.1 Å². The van der Waals surface area contributed by atoms with Crippen LogP contribution in [0, 0.1) is 5.82 Å². The Balaban J connectivity index is 1.54. The summed E-state index contributed by atoms with van der Waals surface area (Å²) in [6.07, 6.45) is 0.249. The van der Waals surface area contributed by atoms with Crippen molar-refractivity contribution in [2.75, 3.05) is 20.3 Å². The van der Waals surface area contributed by atoms with E-state index in [-0.39, 0.29) is 37.9 Å². The van der Waals surface area contributed by atoms with Gasteiger partial charge in [0.25, 0.3) is 0 Å². The summed E-state index contributed by atoms with van der Waals surface area (Å²) >= 11 is 6.14. The van der Waals surface area contributed by atoms with Crippen molar-refractivity contribution in [3.05, 3.63) is 87.7 Å². The molecule has 6 nitrogen and oxygen atoms in total. The molecule has 0 atom stereocenters. The van der Waals surface area contributed by atoms with Crippen LogP contribution in [0.3, 0.4) is 0 Å². The van der Waals surface area contributed by atoms with Crippen molar-refractivity contribution >= 4 is 23.5 Å². The Hall–Kier alpha value is -3.42. The molecule has 4 rings (SSSR count). The van der Waals surface area contributed by atoms with Crippen LogP contribution in [0.5, 0.6) is 5.75 Å². The lowest BCUT2D eigenvalue weighted by atomic mass is 9.89. The summed E-state index contributed by atoms with van der Waals surface area (Å²) in [5.74, 6) is -0.956. The van der Waals surface area contributed by atoms with Gasteiger partial charge in [-0.25, -0.2) is 4.39 Å². The summed E-state index contributed by atoms with van der Waals surface area (Å²) in [4.78, 5) is 25.6. The molecule has 0 unspecified atom stereocenters. The molecule has 0 spiro atoms. The van der Waals surface area contributed by atoms with Crippen molar-refractivity contribution in [3.63, 3.8) is 0 Å². The molecule has 1 N–H and O–H groups in total. The molecule has 0 saturated heterocycles. The summed E-state index contributed by atoms with van der Waals surface area (Å²) in [6.45, 7) is 0.723. The van der Waals surface area contributed by atoms with Crippen LogP contribution in [0.2, 0.25) is 5.02 Å². The first-order valence-corrected chi connectivity index (χ1v) is 11.5. The van der Waals surface area contributed by atoms with Gasteiger partial charge in [0.15, 0.2) is 0 Å². The number of methoxy groups -OCH3 is 1. The van der Waals surface area contributed by atoms with E-state index in [1.54, 1.807) is 35.2 Å². The van der Waals surface area contributed by atoms with E-state index in [0.29, 0.717) is 46.0 Å². The van der Waals surface area contributed by atoms with E-state index in [0.717, 1.165) is 11.1 Å². The fraction of sp³-hybridized carbons (Fsp3) is 0.259. The Morgan fingerprint density at radius 1 is 1.09 bits per heavy atom. The number of carboxylic acid groups (broad SMARTS) is 1. The fourth-order valence-corrected chi connectivity index (χ4v) is 4.49. The monoisotopic (exact) mass is 497 g/mol. The van der Waals surface area contributed by atoms with Gasteiger partial charge >= 0.3 is 5.97 Å². The van der Waals surface area contributed by atoms with E-state index in [1.807, 2.05) is 18.2 Å². The lowest BCUT2D eigenvalue weighted by Gasteiger charge is -2.31. The second-order valence-electron chi connectivity index (χ2n) is 8.31. The predicted molar refractivity (Wildman–Crippen MR) is 130 cm³/mol. The predicted octanol–water partition coefficient (Wildman–Crippen LogP) is 4.88. The minimum Gasteiger partial charge on any atom is -0.496 e. The smallest absolute Gasteiger partial charge is 0.307 e. The Labute approximate surface area is 207 Å². The van der Waals surface area contributed by atoms with Gasteiger partial charge in [-0.1, -0.05) is 48.0 Å². The standard InChI is InChI=1S/C27H25ClFNO5/c1-34-25-12-17(13-27(32)33)6-7-21(25)19-8-9-24(29)20-10-11-30(14-22(19)20)26(31)16-35-15-18-4-2-3-5-23(18)28/h2-9,12H,10-11,13-16H2,1H3,(H,32,33). The number of fused-ring (bicyclic) bond motifs is 1. The first-order chi connectivity index (χ1) is 16.9. The number of carbonyl (C=O) groups excluding carboxylic acids is 1. The zero-order chi connectivity index (χ0) is 24.9. The maximum atomic E-state index is 14.7. The van der Waals surface area contributed by atoms with Gasteiger partial charge in [0, 0.05) is 23.7 Å². The van der Waals surface area contributed by atoms with E-state index in [2.05, 4.69) is 0 Å². The van der Waals surface area contributed by atoms with Gasteiger partial charge in [0.05, 0.1) is 20.1 Å². The zero-order valence-corrected chi connectivity index (χ0v) is 20.0. The van der Waals surface area contributed by atoms with E-state index >= 15 is 0 Å². The largest absolute Gasteiger partial charge is 0.496 e. The quantitative estimate of drug-likeness (QED) is 0.480. The number of rotatable bonds is 8. The van der Waals surface area contributed by atoms with Crippen molar-refractivity contribution < 1.29 is 28.6 Å². The average molecular weight is 498 g/mol. The van der Waals surface area contributed by atoms with E-state index in [4.69, 9.17) is 26.2 Å². The minimum absolute atomic E-state index is 0.113. The maximum absolute atomic E-state index is 14.7. The number of benzene rings is 3. The Morgan fingerprint density at radius 2 is 1.86 bits per heavy atom. The van der Waals surface area contributed by atoms with Gasteiger partial charge in [-0.05, 0) is 52.4 Å². The number of halogens is 2. The van der Waals surface area contributed by atoms with Gasteiger partial charge in [0.1, 0.15) is 18.2 Å². The van der Waals surface area contributed by atoms with Gasteiger partial charge in [-0.15, -0.1) is 0 Å². The lowest BCUT2D eigenvalue weighted by molar-refractivity contribution is -0.137. The highest BCUT2D eigenvalue weighted by Crippen LogP contribution is 2.37. The molecule has 0 aliphatic carbocycles. The molecule has 1 amide bonds. The molecule has 1 aliphatic heterocycles. The first-order valence-electron chi connectivity index (χ1n) is 11.2. The van der Waals surface area contributed by atoms with Crippen LogP contribution in [0.15, 0.2) is 54.6 Å². The van der Waals surface area contributed by atoms with Gasteiger partial charge in [0.2, 0.25) is 5.91 Å². The number of amides is 1. The molecule has 3 aromatic carbocycles.